The highest BCUT2D eigenvalue weighted by molar-refractivity contribution is 6.30. The smallest absolute Gasteiger partial charge is 0.316 e. The molecule has 3 aromatic rings. The highest BCUT2D eigenvalue weighted by Gasteiger charge is 2.33. The number of carbonyl (C=O) groups excluding carboxylic acids is 1. The second-order valence-electron chi connectivity index (χ2n) is 7.54. The van der Waals surface area contributed by atoms with Crippen LogP contribution in [0, 0.1) is 5.82 Å². The summed E-state index contributed by atoms with van der Waals surface area (Å²) in [6.07, 6.45) is 3.51. The lowest BCUT2D eigenvalue weighted by Crippen LogP contribution is -2.37. The maximum absolute atomic E-state index is 14.1. The average Bonchev–Trinajstić information content (AvgIpc) is 2.80. The van der Waals surface area contributed by atoms with Crippen LogP contribution in [-0.2, 0) is 24.5 Å². The summed E-state index contributed by atoms with van der Waals surface area (Å²) in [5.74, 6) is -0.0691. The predicted molar refractivity (Wildman–Crippen MR) is 126 cm³/mol. The Balaban J connectivity index is 1.44. The molecule has 2 heterocycles. The van der Waals surface area contributed by atoms with Crippen molar-refractivity contribution in [1.82, 2.24) is 10.3 Å². The fraction of sp³-hybridized carbons (Fsp3) is 0.160. The summed E-state index contributed by atoms with van der Waals surface area (Å²) in [4.78, 5) is 16.9. The van der Waals surface area contributed by atoms with Crippen LogP contribution in [0.1, 0.15) is 23.7 Å². The molecule has 1 aromatic heterocycles. The van der Waals surface area contributed by atoms with Gasteiger partial charge in [0.25, 0.3) is 5.70 Å². The van der Waals surface area contributed by atoms with E-state index in [1.807, 2.05) is 35.8 Å². The fourth-order valence-electron chi connectivity index (χ4n) is 3.42. The molecule has 0 radical (unpaired) electrons. The van der Waals surface area contributed by atoms with E-state index in [9.17, 15) is 9.18 Å². The molecule has 0 saturated carbocycles. The molecule has 1 aliphatic rings. The molecule has 2 aromatic carbocycles. The molecule has 5 nitrogen and oxygen atoms in total. The third-order valence-electron chi connectivity index (χ3n) is 5.20. The number of ether oxygens (including phenoxy) is 1. The summed E-state index contributed by atoms with van der Waals surface area (Å²) >= 11 is 12.0. The van der Waals surface area contributed by atoms with E-state index >= 15 is 0 Å². The summed E-state index contributed by atoms with van der Waals surface area (Å²) in [6, 6.07) is 15.2. The Bertz CT molecular complexity index is 1260. The van der Waals surface area contributed by atoms with Crippen molar-refractivity contribution < 1.29 is 18.5 Å². The lowest BCUT2D eigenvalue weighted by Gasteiger charge is -2.17. The van der Waals surface area contributed by atoms with Crippen molar-refractivity contribution in [2.75, 3.05) is 0 Å². The van der Waals surface area contributed by atoms with Crippen molar-refractivity contribution in [3.05, 3.63) is 105 Å². The lowest BCUT2D eigenvalue weighted by atomic mass is 10.1. The number of allylic oxidation sites excluding steroid dienone is 1. The number of hydrogen-bond acceptors (Lipinski definition) is 3. The second kappa shape index (κ2) is 10.1. The van der Waals surface area contributed by atoms with Gasteiger partial charge in [0, 0.05) is 28.7 Å². The fourth-order valence-corrected chi connectivity index (χ4v) is 3.77. The summed E-state index contributed by atoms with van der Waals surface area (Å²) in [5, 5.41) is 3.75. The minimum absolute atomic E-state index is 0.0353. The molecule has 1 N–H and O–H groups in total. The van der Waals surface area contributed by atoms with Gasteiger partial charge in [-0.05, 0) is 42.5 Å². The molecular formula is C25H21Cl2FN3O2+. The van der Waals surface area contributed by atoms with Gasteiger partial charge >= 0.3 is 5.91 Å². The molecule has 1 amide bonds. The summed E-state index contributed by atoms with van der Waals surface area (Å²) in [5.41, 5.74) is 3.42. The van der Waals surface area contributed by atoms with E-state index in [1.54, 1.807) is 36.5 Å². The summed E-state index contributed by atoms with van der Waals surface area (Å²) in [6.45, 7) is 2.67. The molecule has 4 rings (SSSR count). The van der Waals surface area contributed by atoms with Gasteiger partial charge < -0.3 is 10.1 Å². The number of aromatic nitrogens is 1. The van der Waals surface area contributed by atoms with Gasteiger partial charge in [-0.3, -0.25) is 9.78 Å². The molecular weight excluding hydrogens is 464 g/mol. The average molecular weight is 485 g/mol. The van der Waals surface area contributed by atoms with E-state index in [0.29, 0.717) is 40.1 Å². The first-order chi connectivity index (χ1) is 15.9. The first kappa shape index (κ1) is 23.0. The van der Waals surface area contributed by atoms with Crippen molar-refractivity contribution in [1.29, 1.82) is 0 Å². The largest absolute Gasteiger partial charge is 0.488 e. The van der Waals surface area contributed by atoms with Crippen molar-refractivity contribution in [2.45, 2.75) is 26.6 Å². The highest BCUT2D eigenvalue weighted by Crippen LogP contribution is 2.27. The standard InChI is InChI=1S/C25H20Cl2FN3O2/c1-16-10-23(25(32)30-13-21-4-2-3-9-29-21)31(16)14-18-11-19(26)7-8-24(18)33-15-17-5-6-20(27)12-22(17)28/h2-12H,13-15H2,1H3/p+1. The van der Waals surface area contributed by atoms with Crippen LogP contribution in [0.2, 0.25) is 10.0 Å². The van der Waals surface area contributed by atoms with Crippen LogP contribution in [0.5, 0.6) is 5.75 Å². The van der Waals surface area contributed by atoms with Crippen LogP contribution in [0.25, 0.3) is 0 Å². The van der Waals surface area contributed by atoms with Gasteiger partial charge in [0.05, 0.1) is 23.9 Å². The van der Waals surface area contributed by atoms with E-state index in [0.717, 1.165) is 17.0 Å². The van der Waals surface area contributed by atoms with Crippen molar-refractivity contribution in [3.8, 4) is 5.75 Å². The zero-order valence-corrected chi connectivity index (χ0v) is 19.3. The number of nitrogens with one attached hydrogen (secondary N) is 1. The molecule has 0 fully saturated rings. The highest BCUT2D eigenvalue weighted by atomic mass is 35.5. The number of carbonyl (C=O) groups is 1. The van der Waals surface area contributed by atoms with Crippen molar-refractivity contribution in [2.24, 2.45) is 0 Å². The number of benzene rings is 2. The first-order valence-corrected chi connectivity index (χ1v) is 11.0. The Kier molecular flexibility index (Phi) is 7.06. The van der Waals surface area contributed by atoms with Gasteiger partial charge in [-0.2, -0.15) is 4.58 Å². The van der Waals surface area contributed by atoms with Crippen LogP contribution >= 0.6 is 23.2 Å². The van der Waals surface area contributed by atoms with Gasteiger partial charge in [-0.25, -0.2) is 4.39 Å². The van der Waals surface area contributed by atoms with E-state index in [4.69, 9.17) is 27.9 Å². The van der Waals surface area contributed by atoms with Crippen molar-refractivity contribution in [3.63, 3.8) is 0 Å². The maximum atomic E-state index is 14.1. The monoisotopic (exact) mass is 484 g/mol. The number of halogens is 3. The maximum Gasteiger partial charge on any atom is 0.316 e. The zero-order chi connectivity index (χ0) is 23.4. The molecule has 0 saturated heterocycles. The molecule has 8 heteroatoms. The van der Waals surface area contributed by atoms with E-state index < -0.39 is 5.82 Å². The third-order valence-corrected chi connectivity index (χ3v) is 5.67. The Morgan fingerprint density at radius 2 is 1.88 bits per heavy atom. The Hall–Kier alpha value is -3.22. The molecule has 1 aliphatic heterocycles. The molecule has 0 unspecified atom stereocenters. The Labute approximate surface area is 201 Å². The van der Waals surface area contributed by atoms with Crippen molar-refractivity contribution >= 4 is 34.8 Å². The van der Waals surface area contributed by atoms with Gasteiger partial charge in [-0.1, -0.05) is 35.3 Å². The van der Waals surface area contributed by atoms with Crippen LogP contribution in [0.15, 0.2) is 72.6 Å². The van der Waals surface area contributed by atoms with Crippen LogP contribution in [0.4, 0.5) is 4.39 Å². The first-order valence-electron chi connectivity index (χ1n) is 10.3. The Morgan fingerprint density at radius 1 is 1.09 bits per heavy atom. The molecule has 0 atom stereocenters. The summed E-state index contributed by atoms with van der Waals surface area (Å²) < 4.78 is 21.9. The number of nitrogens with zero attached hydrogens (tertiary/aromatic N) is 2. The molecule has 33 heavy (non-hydrogen) atoms. The third kappa shape index (κ3) is 5.59. The Morgan fingerprint density at radius 3 is 2.61 bits per heavy atom. The minimum Gasteiger partial charge on any atom is -0.488 e. The molecule has 0 spiro atoms. The number of rotatable bonds is 8. The number of pyridine rings is 1. The number of hydrogen-bond donors (Lipinski definition) is 1. The topological polar surface area (TPSA) is 54.2 Å². The molecule has 0 aliphatic carbocycles. The molecule has 0 bridgehead atoms. The van der Waals surface area contributed by atoms with Crippen LogP contribution in [0.3, 0.4) is 0 Å². The zero-order valence-electron chi connectivity index (χ0n) is 17.8. The lowest BCUT2D eigenvalue weighted by molar-refractivity contribution is -0.499. The number of amides is 1. The van der Waals surface area contributed by atoms with E-state index in [-0.39, 0.29) is 12.5 Å². The SMILES string of the molecule is CC1=[N+](Cc2cc(Cl)ccc2OCc2ccc(Cl)cc2F)C(C(=O)NCc2ccccn2)=C1. The second-order valence-corrected chi connectivity index (χ2v) is 8.41. The minimum atomic E-state index is -0.431. The van der Waals surface area contributed by atoms with Crippen LogP contribution in [-0.4, -0.2) is 21.2 Å². The van der Waals surface area contributed by atoms with Gasteiger partial charge in [0.1, 0.15) is 18.2 Å². The quantitative estimate of drug-likeness (QED) is 0.441. The van der Waals surface area contributed by atoms with E-state index in [2.05, 4.69) is 10.3 Å². The summed E-state index contributed by atoms with van der Waals surface area (Å²) in [7, 11) is 0. The van der Waals surface area contributed by atoms with Gasteiger partial charge in [0.15, 0.2) is 12.3 Å². The predicted octanol–water partition coefficient (Wildman–Crippen LogP) is 5.29. The molecule has 168 valence electrons. The van der Waals surface area contributed by atoms with Crippen LogP contribution < -0.4 is 10.1 Å². The van der Waals surface area contributed by atoms with Gasteiger partial charge in [-0.15, -0.1) is 0 Å². The normalized spacial score (nSPS) is 12.8. The van der Waals surface area contributed by atoms with Gasteiger partial charge in [0.2, 0.25) is 0 Å². The van der Waals surface area contributed by atoms with E-state index in [1.165, 1.54) is 6.07 Å².